The third kappa shape index (κ3) is 3.95. The number of hydrogen-bond acceptors (Lipinski definition) is 4. The normalized spacial score (nSPS) is 26.4. The Bertz CT molecular complexity index is 404. The number of nitrogens with zero attached hydrogens (tertiary/aromatic N) is 1. The van der Waals surface area contributed by atoms with E-state index in [9.17, 15) is 13.2 Å². The van der Waals surface area contributed by atoms with Crippen LogP contribution < -0.4 is 5.32 Å². The van der Waals surface area contributed by atoms with Gasteiger partial charge in [0.2, 0.25) is 5.91 Å². The minimum atomic E-state index is -2.84. The van der Waals surface area contributed by atoms with E-state index >= 15 is 0 Å². The van der Waals surface area contributed by atoms with Crippen molar-refractivity contribution in [2.45, 2.75) is 44.7 Å². The standard InChI is InChI=1S/C12H22N2O3S/c1-2-14(11-6-8-18(16,17)9-11)7-5-12(15)13-10-3-4-10/h10-11H,2-9H2,1H3,(H,13,15). The van der Waals surface area contributed by atoms with Crippen molar-refractivity contribution >= 4 is 15.7 Å². The predicted octanol–water partition coefficient (Wildman–Crippen LogP) is 0.164. The van der Waals surface area contributed by atoms with Crippen molar-refractivity contribution in [2.24, 2.45) is 0 Å². The molecule has 2 fully saturated rings. The molecule has 2 aliphatic rings. The number of carbonyl (C=O) groups is 1. The summed E-state index contributed by atoms with van der Waals surface area (Å²) in [4.78, 5) is 13.7. The van der Waals surface area contributed by atoms with Crippen LogP contribution in [0.15, 0.2) is 0 Å². The topological polar surface area (TPSA) is 66.5 Å². The molecule has 5 nitrogen and oxygen atoms in total. The maximum absolute atomic E-state index is 11.6. The highest BCUT2D eigenvalue weighted by Gasteiger charge is 2.31. The third-order valence-corrected chi connectivity index (χ3v) is 5.45. The second-order valence-electron chi connectivity index (χ2n) is 5.28. The smallest absolute Gasteiger partial charge is 0.221 e. The molecule has 0 bridgehead atoms. The Kier molecular flexibility index (Phi) is 4.27. The summed E-state index contributed by atoms with van der Waals surface area (Å²) in [6.45, 7) is 3.48. The van der Waals surface area contributed by atoms with Gasteiger partial charge in [-0.05, 0) is 25.8 Å². The first kappa shape index (κ1) is 13.8. The van der Waals surface area contributed by atoms with Gasteiger partial charge >= 0.3 is 0 Å². The summed E-state index contributed by atoms with van der Waals surface area (Å²) >= 11 is 0. The summed E-state index contributed by atoms with van der Waals surface area (Å²) in [5, 5.41) is 2.96. The van der Waals surface area contributed by atoms with Crippen LogP contribution in [0.2, 0.25) is 0 Å². The summed E-state index contributed by atoms with van der Waals surface area (Å²) < 4.78 is 22.9. The van der Waals surface area contributed by atoms with Crippen molar-refractivity contribution in [1.82, 2.24) is 10.2 Å². The van der Waals surface area contributed by atoms with Gasteiger partial charge in [0.05, 0.1) is 11.5 Å². The third-order valence-electron chi connectivity index (χ3n) is 3.70. The van der Waals surface area contributed by atoms with Crippen molar-refractivity contribution in [3.8, 4) is 0 Å². The molecule has 104 valence electrons. The van der Waals surface area contributed by atoms with Crippen LogP contribution in [0.1, 0.15) is 32.6 Å². The molecule has 1 heterocycles. The van der Waals surface area contributed by atoms with E-state index in [1.807, 2.05) is 6.92 Å². The molecule has 18 heavy (non-hydrogen) atoms. The fourth-order valence-corrected chi connectivity index (χ4v) is 4.20. The van der Waals surface area contributed by atoms with Crippen molar-refractivity contribution < 1.29 is 13.2 Å². The van der Waals surface area contributed by atoms with Gasteiger partial charge < -0.3 is 5.32 Å². The van der Waals surface area contributed by atoms with Gasteiger partial charge in [0.25, 0.3) is 0 Å². The molecule has 1 aliphatic carbocycles. The summed E-state index contributed by atoms with van der Waals surface area (Å²) in [6.07, 6.45) is 3.38. The molecule has 1 atom stereocenters. The highest BCUT2D eigenvalue weighted by atomic mass is 32.2. The monoisotopic (exact) mass is 274 g/mol. The van der Waals surface area contributed by atoms with E-state index < -0.39 is 9.84 Å². The van der Waals surface area contributed by atoms with Crippen molar-refractivity contribution in [1.29, 1.82) is 0 Å². The lowest BCUT2D eigenvalue weighted by molar-refractivity contribution is -0.121. The Balaban J connectivity index is 1.76. The van der Waals surface area contributed by atoms with Crippen LogP contribution in [-0.2, 0) is 14.6 Å². The molecule has 0 radical (unpaired) electrons. The van der Waals surface area contributed by atoms with Gasteiger partial charge in [-0.15, -0.1) is 0 Å². The fraction of sp³-hybridized carbons (Fsp3) is 0.917. The summed E-state index contributed by atoms with van der Waals surface area (Å²) in [5.74, 6) is 0.643. The second kappa shape index (κ2) is 5.57. The van der Waals surface area contributed by atoms with Gasteiger partial charge in [-0.25, -0.2) is 8.42 Å². The van der Waals surface area contributed by atoms with Crippen LogP contribution in [0.4, 0.5) is 0 Å². The van der Waals surface area contributed by atoms with Crippen molar-refractivity contribution in [3.05, 3.63) is 0 Å². The van der Waals surface area contributed by atoms with Crippen molar-refractivity contribution in [2.75, 3.05) is 24.6 Å². The van der Waals surface area contributed by atoms with Gasteiger partial charge in [0.1, 0.15) is 0 Å². The Morgan fingerprint density at radius 3 is 2.56 bits per heavy atom. The zero-order chi connectivity index (χ0) is 13.2. The van der Waals surface area contributed by atoms with Crippen LogP contribution in [0.3, 0.4) is 0 Å². The first-order chi connectivity index (χ1) is 8.50. The van der Waals surface area contributed by atoms with E-state index in [0.717, 1.165) is 19.4 Å². The molecular weight excluding hydrogens is 252 g/mol. The number of hydrogen-bond donors (Lipinski definition) is 1. The van der Waals surface area contributed by atoms with Gasteiger partial charge in [0, 0.05) is 25.0 Å². The van der Waals surface area contributed by atoms with Crippen LogP contribution in [0.25, 0.3) is 0 Å². The fourth-order valence-electron chi connectivity index (χ4n) is 2.43. The number of amides is 1. The first-order valence-electron chi connectivity index (χ1n) is 6.74. The van der Waals surface area contributed by atoms with Gasteiger partial charge in [-0.3, -0.25) is 9.69 Å². The van der Waals surface area contributed by atoms with E-state index in [1.54, 1.807) is 0 Å². The average molecular weight is 274 g/mol. The molecule has 0 aromatic carbocycles. The van der Waals surface area contributed by atoms with Crippen LogP contribution in [0.5, 0.6) is 0 Å². The Hall–Kier alpha value is -0.620. The summed E-state index contributed by atoms with van der Waals surface area (Å²) in [7, 11) is -2.84. The molecular formula is C12H22N2O3S. The van der Waals surface area contributed by atoms with Crippen molar-refractivity contribution in [3.63, 3.8) is 0 Å². The summed E-state index contributed by atoms with van der Waals surface area (Å²) in [5.41, 5.74) is 0. The highest BCUT2D eigenvalue weighted by molar-refractivity contribution is 7.91. The van der Waals surface area contributed by atoms with Crippen LogP contribution >= 0.6 is 0 Å². The van der Waals surface area contributed by atoms with E-state index in [1.165, 1.54) is 0 Å². The maximum atomic E-state index is 11.6. The first-order valence-corrected chi connectivity index (χ1v) is 8.56. The number of nitrogens with one attached hydrogen (secondary N) is 1. The minimum absolute atomic E-state index is 0.0943. The zero-order valence-electron chi connectivity index (χ0n) is 10.9. The van der Waals surface area contributed by atoms with Crippen LogP contribution in [0, 0.1) is 0 Å². The number of carbonyl (C=O) groups excluding carboxylic acids is 1. The SMILES string of the molecule is CCN(CCC(=O)NC1CC1)C1CCS(=O)(=O)C1. The minimum Gasteiger partial charge on any atom is -0.353 e. The molecule has 1 saturated heterocycles. The quantitative estimate of drug-likeness (QED) is 0.749. The molecule has 1 aliphatic heterocycles. The van der Waals surface area contributed by atoms with E-state index in [2.05, 4.69) is 10.2 Å². The molecule has 1 saturated carbocycles. The van der Waals surface area contributed by atoms with Gasteiger partial charge in [-0.2, -0.15) is 0 Å². The van der Waals surface area contributed by atoms with E-state index in [0.29, 0.717) is 31.2 Å². The predicted molar refractivity (Wildman–Crippen MR) is 70.1 cm³/mol. The van der Waals surface area contributed by atoms with Crippen LogP contribution in [-0.4, -0.2) is 55.9 Å². The Labute approximate surface area is 109 Å². The molecule has 0 spiro atoms. The second-order valence-corrected chi connectivity index (χ2v) is 7.51. The number of sulfone groups is 1. The molecule has 1 unspecified atom stereocenters. The van der Waals surface area contributed by atoms with E-state index in [-0.39, 0.29) is 17.7 Å². The molecule has 6 heteroatoms. The van der Waals surface area contributed by atoms with Gasteiger partial charge in [0.15, 0.2) is 9.84 Å². The zero-order valence-corrected chi connectivity index (χ0v) is 11.7. The summed E-state index contributed by atoms with van der Waals surface area (Å²) in [6, 6.07) is 0.508. The molecule has 1 N–H and O–H groups in total. The Morgan fingerprint density at radius 1 is 1.33 bits per heavy atom. The Morgan fingerprint density at radius 2 is 2.06 bits per heavy atom. The molecule has 2 rings (SSSR count). The average Bonchev–Trinajstić information content (AvgIpc) is 3.03. The molecule has 1 amide bonds. The number of rotatable bonds is 6. The lowest BCUT2D eigenvalue weighted by Gasteiger charge is -2.26. The maximum Gasteiger partial charge on any atom is 0.221 e. The molecule has 0 aromatic heterocycles. The largest absolute Gasteiger partial charge is 0.353 e. The lowest BCUT2D eigenvalue weighted by Crippen LogP contribution is -2.39. The van der Waals surface area contributed by atoms with Gasteiger partial charge in [-0.1, -0.05) is 6.92 Å². The molecule has 0 aromatic rings. The van der Waals surface area contributed by atoms with E-state index in [4.69, 9.17) is 0 Å². The lowest BCUT2D eigenvalue weighted by atomic mass is 10.2. The highest BCUT2D eigenvalue weighted by Crippen LogP contribution is 2.19.